The van der Waals surface area contributed by atoms with E-state index in [1.165, 1.54) is 81.2 Å². The van der Waals surface area contributed by atoms with Crippen LogP contribution in [0.15, 0.2) is 94.9 Å². The van der Waals surface area contributed by atoms with Gasteiger partial charge in [0.1, 0.15) is 7.05 Å². The van der Waals surface area contributed by atoms with Crippen LogP contribution in [0, 0.1) is 18.8 Å². The second-order valence-electron chi connectivity index (χ2n) is 12.7. The summed E-state index contributed by atoms with van der Waals surface area (Å²) in [6.07, 6.45) is 4.47. The molecule has 2 heterocycles. The minimum atomic E-state index is 0.583. The summed E-state index contributed by atoms with van der Waals surface area (Å²) in [6, 6.07) is 29.8. The minimum Gasteiger partial charge on any atom is -0.200 e. The van der Waals surface area contributed by atoms with Crippen LogP contribution in [0.5, 0.6) is 0 Å². The average molecular weight is 553 g/mol. The van der Waals surface area contributed by atoms with Gasteiger partial charge in [-0.05, 0) is 93.1 Å². The molecule has 0 N–H and O–H groups in total. The van der Waals surface area contributed by atoms with Crippen LogP contribution in [0.4, 0.5) is 0 Å². The van der Waals surface area contributed by atoms with Crippen molar-refractivity contribution in [2.24, 2.45) is 18.9 Å². The predicted molar refractivity (Wildman–Crippen MR) is 177 cm³/mol. The van der Waals surface area contributed by atoms with E-state index in [1.807, 2.05) is 11.8 Å². The van der Waals surface area contributed by atoms with Crippen molar-refractivity contribution in [1.29, 1.82) is 0 Å². The molecule has 41 heavy (non-hydrogen) atoms. The summed E-state index contributed by atoms with van der Waals surface area (Å²) in [5.74, 6) is 1.23. The van der Waals surface area contributed by atoms with E-state index in [4.69, 9.17) is 0 Å². The van der Waals surface area contributed by atoms with Crippen molar-refractivity contribution in [2.45, 2.75) is 57.3 Å². The lowest BCUT2D eigenvalue weighted by Crippen LogP contribution is -2.32. The highest BCUT2D eigenvalue weighted by Gasteiger charge is 2.32. The molecule has 1 nitrogen and oxygen atoms in total. The number of fused-ring (bicyclic) bond motifs is 5. The fourth-order valence-electron chi connectivity index (χ4n) is 6.90. The van der Waals surface area contributed by atoms with Gasteiger partial charge in [-0.2, -0.15) is 0 Å². The first-order valence-corrected chi connectivity index (χ1v) is 15.8. The zero-order valence-electron chi connectivity index (χ0n) is 25.0. The van der Waals surface area contributed by atoms with Gasteiger partial charge >= 0.3 is 0 Å². The summed E-state index contributed by atoms with van der Waals surface area (Å²) in [6.45, 7) is 11.7. The first kappa shape index (κ1) is 26.3. The van der Waals surface area contributed by atoms with Crippen LogP contribution in [0.25, 0.3) is 54.7 Å². The van der Waals surface area contributed by atoms with Gasteiger partial charge in [-0.15, -0.1) is 0 Å². The summed E-state index contributed by atoms with van der Waals surface area (Å²) in [5, 5.41) is 8.23. The molecule has 0 fully saturated rings. The highest BCUT2D eigenvalue weighted by molar-refractivity contribution is 8.00. The van der Waals surface area contributed by atoms with Crippen molar-refractivity contribution in [3.63, 3.8) is 0 Å². The molecule has 204 valence electrons. The number of aryl methyl sites for hydroxylation is 2. The Balaban J connectivity index is 1.56. The highest BCUT2D eigenvalue weighted by atomic mass is 32.2. The quantitative estimate of drug-likeness (QED) is 0.152. The third-order valence-electron chi connectivity index (χ3n) is 8.70. The van der Waals surface area contributed by atoms with Gasteiger partial charge in [0.05, 0.1) is 10.9 Å². The van der Waals surface area contributed by atoms with E-state index in [0.29, 0.717) is 11.8 Å². The second-order valence-corrected chi connectivity index (χ2v) is 13.8. The van der Waals surface area contributed by atoms with Crippen LogP contribution < -0.4 is 4.57 Å². The lowest BCUT2D eigenvalue weighted by molar-refractivity contribution is -0.659. The molecular formula is C39H38NS+. The van der Waals surface area contributed by atoms with E-state index in [1.54, 1.807) is 0 Å². The van der Waals surface area contributed by atoms with Crippen molar-refractivity contribution < 1.29 is 4.57 Å². The lowest BCUT2D eigenvalue weighted by Gasteiger charge is -2.26. The van der Waals surface area contributed by atoms with Gasteiger partial charge < -0.3 is 0 Å². The molecule has 0 saturated carbocycles. The number of rotatable bonds is 5. The second kappa shape index (κ2) is 10.0. The van der Waals surface area contributed by atoms with Crippen molar-refractivity contribution in [3.8, 4) is 22.4 Å². The molecule has 0 atom stereocenters. The van der Waals surface area contributed by atoms with Crippen molar-refractivity contribution in [1.82, 2.24) is 0 Å². The average Bonchev–Trinajstić information content (AvgIpc) is 2.96. The van der Waals surface area contributed by atoms with Crippen LogP contribution in [0.1, 0.15) is 44.4 Å². The van der Waals surface area contributed by atoms with E-state index >= 15 is 0 Å². The highest BCUT2D eigenvalue weighted by Crippen LogP contribution is 2.53. The van der Waals surface area contributed by atoms with Crippen molar-refractivity contribution in [3.05, 3.63) is 102 Å². The number of pyridine rings is 1. The predicted octanol–water partition coefficient (Wildman–Crippen LogP) is 10.5. The Kier molecular flexibility index (Phi) is 6.43. The number of hydrogen-bond acceptors (Lipinski definition) is 1. The molecule has 0 spiro atoms. The molecule has 1 aromatic heterocycles. The third-order valence-corrected chi connectivity index (χ3v) is 9.90. The maximum Gasteiger partial charge on any atom is 0.222 e. The maximum atomic E-state index is 2.49. The van der Waals surface area contributed by atoms with Crippen LogP contribution in [0.3, 0.4) is 0 Å². The summed E-state index contributed by atoms with van der Waals surface area (Å²) in [5.41, 5.74) is 9.68. The van der Waals surface area contributed by atoms with Gasteiger partial charge in [0.2, 0.25) is 5.69 Å². The zero-order valence-corrected chi connectivity index (χ0v) is 25.8. The topological polar surface area (TPSA) is 3.88 Å². The first-order chi connectivity index (χ1) is 19.8. The minimum absolute atomic E-state index is 0.583. The summed E-state index contributed by atoms with van der Waals surface area (Å²) in [7, 11) is 2.23. The molecule has 2 heteroatoms. The van der Waals surface area contributed by atoms with Gasteiger partial charge in [-0.1, -0.05) is 100 Å². The fraction of sp³-hybridized carbons (Fsp3) is 0.256. The Morgan fingerprint density at radius 1 is 0.707 bits per heavy atom. The largest absolute Gasteiger partial charge is 0.222 e. The normalized spacial score (nSPS) is 12.7. The van der Waals surface area contributed by atoms with Gasteiger partial charge in [-0.3, -0.25) is 0 Å². The van der Waals surface area contributed by atoms with E-state index in [2.05, 4.69) is 131 Å². The van der Waals surface area contributed by atoms with Crippen LogP contribution >= 0.6 is 11.8 Å². The zero-order chi connectivity index (χ0) is 28.4. The first-order valence-electron chi connectivity index (χ1n) is 15.0. The molecule has 1 aliphatic heterocycles. The van der Waals surface area contributed by atoms with Gasteiger partial charge in [0, 0.05) is 21.2 Å². The van der Waals surface area contributed by atoms with Gasteiger partial charge in [0.15, 0.2) is 6.20 Å². The molecule has 0 saturated heterocycles. The number of nitrogens with zero attached hydrogens (tertiary/aromatic N) is 1. The molecule has 6 aromatic rings. The Labute approximate surface area is 248 Å². The van der Waals surface area contributed by atoms with Gasteiger partial charge in [0.25, 0.3) is 0 Å². The van der Waals surface area contributed by atoms with Crippen LogP contribution in [0.2, 0.25) is 0 Å². The van der Waals surface area contributed by atoms with E-state index in [-0.39, 0.29) is 0 Å². The Hall–Kier alpha value is -3.62. The number of benzene rings is 5. The lowest BCUT2D eigenvalue weighted by atomic mass is 9.86. The molecule has 0 radical (unpaired) electrons. The molecule has 0 unspecified atom stereocenters. The summed E-state index contributed by atoms with van der Waals surface area (Å²) >= 11 is 2.00. The summed E-state index contributed by atoms with van der Waals surface area (Å²) in [4.78, 5) is 2.83. The Bertz CT molecular complexity index is 1980. The fourth-order valence-corrected chi connectivity index (χ4v) is 8.29. The molecule has 5 aromatic carbocycles. The van der Waals surface area contributed by atoms with Crippen LogP contribution in [-0.2, 0) is 19.9 Å². The number of aromatic nitrogens is 1. The number of hydrogen-bond donors (Lipinski definition) is 0. The molecule has 7 rings (SSSR count). The molecular weight excluding hydrogens is 515 g/mol. The van der Waals surface area contributed by atoms with E-state index < -0.39 is 0 Å². The monoisotopic (exact) mass is 552 g/mol. The maximum absolute atomic E-state index is 2.49. The van der Waals surface area contributed by atoms with Crippen LogP contribution in [-0.4, -0.2) is 0 Å². The Morgan fingerprint density at radius 3 is 2.24 bits per heavy atom. The molecule has 0 amide bonds. The van der Waals surface area contributed by atoms with E-state index in [9.17, 15) is 0 Å². The van der Waals surface area contributed by atoms with Crippen molar-refractivity contribution in [2.75, 3.05) is 0 Å². The smallest absolute Gasteiger partial charge is 0.200 e. The Morgan fingerprint density at radius 2 is 1.49 bits per heavy atom. The SMILES string of the molecule is Cc1c2c(c(CC(C)C)c3ccc(CC(C)C)cc13)Sc1cc3ccc(-c4ccccc4)cc3c3cc[n+](C)c-2c13. The third kappa shape index (κ3) is 4.35. The summed E-state index contributed by atoms with van der Waals surface area (Å²) < 4.78 is 2.37. The van der Waals surface area contributed by atoms with E-state index in [0.717, 1.165) is 12.8 Å². The molecule has 0 bridgehead atoms. The van der Waals surface area contributed by atoms with Crippen molar-refractivity contribution >= 4 is 44.1 Å². The molecule has 0 aliphatic carbocycles. The van der Waals surface area contributed by atoms with Gasteiger partial charge in [-0.25, -0.2) is 4.57 Å². The standard InChI is InChI=1S/C39H38NS/c1-23(2)18-26-12-15-30-32(20-26)25(5)36-38-37-31(16-17-40(38)6)33-21-28(27-10-8-7-9-11-27)13-14-29(33)22-35(37)41-39(36)34(30)19-24(3)4/h7-17,20-24H,18-19H2,1-6H3/q+1. The molecule has 1 aliphatic rings.